The molecule has 1 aromatic rings. The minimum absolute atomic E-state index is 0.306. The van der Waals surface area contributed by atoms with Gasteiger partial charge in [0.05, 0.1) is 6.10 Å². The Bertz CT molecular complexity index is 533. The van der Waals surface area contributed by atoms with Crippen molar-refractivity contribution in [1.82, 2.24) is 15.1 Å². The molecule has 2 aliphatic rings. The number of rotatable bonds is 6. The molecular weight excluding hydrogens is 300 g/mol. The highest BCUT2D eigenvalue weighted by Crippen LogP contribution is 2.21. The molecule has 3 rings (SSSR count). The number of nitrogens with zero attached hydrogens (tertiary/aromatic N) is 3. The van der Waals surface area contributed by atoms with Crippen LogP contribution in [0.3, 0.4) is 0 Å². The summed E-state index contributed by atoms with van der Waals surface area (Å²) in [7, 11) is 2.11. The molecule has 5 heteroatoms. The second-order valence-corrected chi connectivity index (χ2v) is 6.79. The third-order valence-corrected chi connectivity index (χ3v) is 4.88. The van der Waals surface area contributed by atoms with E-state index in [1.165, 1.54) is 5.56 Å². The highest BCUT2D eigenvalue weighted by Gasteiger charge is 2.33. The first-order valence-electron chi connectivity index (χ1n) is 9.13. The minimum atomic E-state index is 0.306. The van der Waals surface area contributed by atoms with Gasteiger partial charge < -0.3 is 15.0 Å². The molecule has 0 radical (unpaired) electrons. The molecule has 5 nitrogen and oxygen atoms in total. The van der Waals surface area contributed by atoms with Crippen LogP contribution in [0.25, 0.3) is 0 Å². The van der Waals surface area contributed by atoms with Crippen LogP contribution in [0.15, 0.2) is 35.3 Å². The maximum absolute atomic E-state index is 6.01. The van der Waals surface area contributed by atoms with E-state index in [-0.39, 0.29) is 0 Å². The summed E-state index contributed by atoms with van der Waals surface area (Å²) in [4.78, 5) is 9.33. The molecule has 0 amide bonds. The number of hydrogen-bond donors (Lipinski definition) is 1. The smallest absolute Gasteiger partial charge is 0.193 e. The van der Waals surface area contributed by atoms with E-state index in [1.54, 1.807) is 0 Å². The average molecular weight is 330 g/mol. The van der Waals surface area contributed by atoms with E-state index < -0.39 is 0 Å². The number of aliphatic imine (C=N–C) groups is 1. The molecular formula is C19H30N4O. The van der Waals surface area contributed by atoms with Gasteiger partial charge in [0.15, 0.2) is 5.96 Å². The van der Waals surface area contributed by atoms with Crippen LogP contribution in [0.5, 0.6) is 0 Å². The van der Waals surface area contributed by atoms with Crippen LogP contribution in [0.2, 0.25) is 0 Å². The number of likely N-dealkylation sites (tertiary alicyclic amines) is 1. The minimum Gasteiger partial charge on any atom is -0.377 e. The molecule has 2 heterocycles. The Balaban J connectivity index is 1.55. The first kappa shape index (κ1) is 17.2. The van der Waals surface area contributed by atoms with Gasteiger partial charge in [-0.15, -0.1) is 0 Å². The van der Waals surface area contributed by atoms with Crippen LogP contribution < -0.4 is 5.32 Å². The van der Waals surface area contributed by atoms with Gasteiger partial charge in [-0.05, 0) is 18.9 Å². The van der Waals surface area contributed by atoms with Gasteiger partial charge in [0.25, 0.3) is 0 Å². The highest BCUT2D eigenvalue weighted by atomic mass is 16.5. The fraction of sp³-hybridized carbons (Fsp3) is 0.632. The Morgan fingerprint density at radius 3 is 2.83 bits per heavy atom. The zero-order valence-corrected chi connectivity index (χ0v) is 14.9. The third kappa shape index (κ3) is 4.48. The highest BCUT2D eigenvalue weighted by molar-refractivity contribution is 5.80. The summed E-state index contributed by atoms with van der Waals surface area (Å²) in [5.41, 5.74) is 1.37. The Kier molecular flexibility index (Phi) is 6.10. The average Bonchev–Trinajstić information content (AvgIpc) is 2.97. The van der Waals surface area contributed by atoms with Crippen LogP contribution in [0.4, 0.5) is 0 Å². The Hall–Kier alpha value is -1.59. The predicted molar refractivity (Wildman–Crippen MR) is 98.2 cm³/mol. The lowest BCUT2D eigenvalue weighted by Crippen LogP contribution is -2.45. The van der Waals surface area contributed by atoms with Gasteiger partial charge in [0.1, 0.15) is 0 Å². The molecule has 2 atom stereocenters. The van der Waals surface area contributed by atoms with E-state index in [2.05, 4.69) is 64.4 Å². The predicted octanol–water partition coefficient (Wildman–Crippen LogP) is 1.80. The van der Waals surface area contributed by atoms with Gasteiger partial charge in [0.2, 0.25) is 0 Å². The van der Waals surface area contributed by atoms with Gasteiger partial charge in [0, 0.05) is 58.8 Å². The molecule has 0 unspecified atom stereocenters. The van der Waals surface area contributed by atoms with Crippen molar-refractivity contribution in [2.45, 2.75) is 26.0 Å². The molecule has 0 saturated carbocycles. The van der Waals surface area contributed by atoms with Crippen molar-refractivity contribution in [1.29, 1.82) is 0 Å². The van der Waals surface area contributed by atoms with Crippen LogP contribution in [0.1, 0.15) is 18.9 Å². The monoisotopic (exact) mass is 330 g/mol. The van der Waals surface area contributed by atoms with Crippen LogP contribution in [-0.2, 0) is 11.3 Å². The van der Waals surface area contributed by atoms with Crippen molar-refractivity contribution < 1.29 is 4.74 Å². The van der Waals surface area contributed by atoms with E-state index in [4.69, 9.17) is 4.74 Å². The van der Waals surface area contributed by atoms with Crippen molar-refractivity contribution in [3.8, 4) is 0 Å². The molecule has 0 spiro atoms. The molecule has 0 bridgehead atoms. The van der Waals surface area contributed by atoms with E-state index in [9.17, 15) is 0 Å². The summed E-state index contributed by atoms with van der Waals surface area (Å²) in [6, 6.07) is 10.7. The lowest BCUT2D eigenvalue weighted by atomic mass is 10.1. The molecule has 0 aliphatic carbocycles. The molecule has 24 heavy (non-hydrogen) atoms. The van der Waals surface area contributed by atoms with Crippen LogP contribution in [-0.4, -0.2) is 68.2 Å². The van der Waals surface area contributed by atoms with Crippen molar-refractivity contribution in [3.05, 3.63) is 35.9 Å². The van der Waals surface area contributed by atoms with E-state index in [1.807, 2.05) is 0 Å². The molecule has 1 N–H and O–H groups in total. The second-order valence-electron chi connectivity index (χ2n) is 6.79. The molecule has 1 aromatic carbocycles. The van der Waals surface area contributed by atoms with Gasteiger partial charge in [-0.1, -0.05) is 30.3 Å². The number of nitrogens with one attached hydrogen (secondary N) is 1. The Labute approximate surface area is 145 Å². The van der Waals surface area contributed by atoms with Crippen molar-refractivity contribution in [3.63, 3.8) is 0 Å². The molecule has 2 aliphatic heterocycles. The first-order chi connectivity index (χ1) is 11.8. The standard InChI is InChI=1S/C19H30N4O/c1-3-24-18-15-23(13-16-8-5-4-6-9-16)14-17(18)12-21-19-20-10-7-11-22(19)2/h4-6,8-9,17-18H,3,7,10-15H2,1-2H3,(H,20,21)/t17-,18-/m1/s1. The summed E-state index contributed by atoms with van der Waals surface area (Å²) in [6.07, 6.45) is 1.46. The van der Waals surface area contributed by atoms with Gasteiger partial charge in [-0.3, -0.25) is 9.89 Å². The normalized spacial score (nSPS) is 24.9. The quantitative estimate of drug-likeness (QED) is 0.863. The van der Waals surface area contributed by atoms with E-state index >= 15 is 0 Å². The largest absolute Gasteiger partial charge is 0.377 e. The maximum atomic E-state index is 6.01. The summed E-state index contributed by atoms with van der Waals surface area (Å²) in [5, 5.41) is 3.56. The van der Waals surface area contributed by atoms with Crippen LogP contribution in [0, 0.1) is 5.92 Å². The number of hydrogen-bond acceptors (Lipinski definition) is 5. The molecule has 1 saturated heterocycles. The van der Waals surface area contributed by atoms with Gasteiger partial charge in [-0.25, -0.2) is 0 Å². The fourth-order valence-corrected chi connectivity index (χ4v) is 3.63. The van der Waals surface area contributed by atoms with Gasteiger partial charge in [-0.2, -0.15) is 0 Å². The SMILES string of the molecule is CCO[C@@H]1CN(Cc2ccccc2)C[C@H]1CNC1=NCCCN1C. The van der Waals surface area contributed by atoms with Crippen LogP contribution >= 0.6 is 0 Å². The Morgan fingerprint density at radius 2 is 2.08 bits per heavy atom. The maximum Gasteiger partial charge on any atom is 0.193 e. The lowest BCUT2D eigenvalue weighted by molar-refractivity contribution is 0.0435. The zero-order valence-electron chi connectivity index (χ0n) is 14.9. The first-order valence-corrected chi connectivity index (χ1v) is 9.13. The second kappa shape index (κ2) is 8.49. The third-order valence-electron chi connectivity index (χ3n) is 4.88. The molecule has 0 aromatic heterocycles. The topological polar surface area (TPSA) is 40.1 Å². The summed E-state index contributed by atoms with van der Waals surface area (Å²) in [5.74, 6) is 1.55. The van der Waals surface area contributed by atoms with Gasteiger partial charge >= 0.3 is 0 Å². The summed E-state index contributed by atoms with van der Waals surface area (Å²) < 4.78 is 6.01. The van der Waals surface area contributed by atoms with Crippen molar-refractivity contribution in [2.75, 3.05) is 46.4 Å². The fourth-order valence-electron chi connectivity index (χ4n) is 3.63. The number of guanidine groups is 1. The Morgan fingerprint density at radius 1 is 1.25 bits per heavy atom. The van der Waals surface area contributed by atoms with Crippen molar-refractivity contribution >= 4 is 5.96 Å². The summed E-state index contributed by atoms with van der Waals surface area (Å²) in [6.45, 7) is 8.91. The van der Waals surface area contributed by atoms with E-state index in [0.717, 1.165) is 58.3 Å². The molecule has 132 valence electrons. The zero-order chi connectivity index (χ0) is 16.8. The van der Waals surface area contributed by atoms with E-state index in [0.29, 0.717) is 12.0 Å². The lowest BCUT2D eigenvalue weighted by Gasteiger charge is -2.27. The number of ether oxygens (including phenoxy) is 1. The summed E-state index contributed by atoms with van der Waals surface area (Å²) >= 11 is 0. The van der Waals surface area contributed by atoms with Crippen molar-refractivity contribution in [2.24, 2.45) is 10.9 Å². The number of benzene rings is 1. The molecule has 1 fully saturated rings.